The van der Waals surface area contributed by atoms with Crippen LogP contribution in [0.2, 0.25) is 10.0 Å². The number of anilines is 1. The molecule has 0 spiro atoms. The van der Waals surface area contributed by atoms with E-state index in [1.807, 2.05) is 18.2 Å². The third kappa shape index (κ3) is 4.51. The molecule has 0 saturated heterocycles. The average Bonchev–Trinajstić information content (AvgIpc) is 3.02. The second kappa shape index (κ2) is 8.34. The third-order valence-electron chi connectivity index (χ3n) is 3.68. The molecule has 0 bridgehead atoms. The van der Waals surface area contributed by atoms with Gasteiger partial charge in [-0.3, -0.25) is 4.79 Å². The van der Waals surface area contributed by atoms with E-state index in [2.05, 4.69) is 27.7 Å². The zero-order chi connectivity index (χ0) is 16.9. The highest BCUT2D eigenvalue weighted by Crippen LogP contribution is 2.33. The normalized spacial score (nSPS) is 17.0. The van der Waals surface area contributed by atoms with Crippen LogP contribution in [0.4, 0.5) is 5.13 Å². The summed E-state index contributed by atoms with van der Waals surface area (Å²) in [7, 11) is 0. The lowest BCUT2D eigenvalue weighted by Crippen LogP contribution is -2.23. The fraction of sp³-hybridized carbons (Fsp3) is 0.312. The molecule has 1 aromatic carbocycles. The van der Waals surface area contributed by atoms with Crippen LogP contribution >= 0.6 is 46.3 Å². The number of allylic oxidation sites excluding steroid dienone is 2. The monoisotopic (exact) mass is 399 g/mol. The van der Waals surface area contributed by atoms with Gasteiger partial charge in [0.2, 0.25) is 11.0 Å². The van der Waals surface area contributed by atoms with Crippen molar-refractivity contribution < 1.29 is 4.79 Å². The van der Waals surface area contributed by atoms with Crippen LogP contribution in [0.3, 0.4) is 0 Å². The largest absolute Gasteiger partial charge is 0.300 e. The number of aromatic nitrogens is 2. The van der Waals surface area contributed by atoms with E-state index >= 15 is 0 Å². The fourth-order valence-electron chi connectivity index (χ4n) is 2.36. The Bertz CT molecular complexity index is 743. The number of carbonyl (C=O) groups excluding carboxylic acids is 1. The molecule has 1 aromatic heterocycles. The van der Waals surface area contributed by atoms with Crippen LogP contribution in [-0.4, -0.2) is 16.1 Å². The second-order valence-electron chi connectivity index (χ2n) is 5.33. The number of rotatable bonds is 5. The standard InChI is InChI=1S/C16H15Cl2N3OS2/c17-12-7-4-8-13(18)11(12)9-23-16-21-20-15(24-16)19-14(22)10-5-2-1-3-6-10/h1-2,4,7-8,10H,3,5-6,9H2,(H,19,20,22). The van der Waals surface area contributed by atoms with E-state index in [0.717, 1.165) is 29.2 Å². The Kier molecular flexibility index (Phi) is 6.16. The number of hydrogen-bond donors (Lipinski definition) is 1. The molecule has 24 heavy (non-hydrogen) atoms. The minimum absolute atomic E-state index is 0.0150. The van der Waals surface area contributed by atoms with E-state index in [-0.39, 0.29) is 11.8 Å². The Balaban J connectivity index is 1.57. The van der Waals surface area contributed by atoms with E-state index in [1.54, 1.807) is 0 Å². The van der Waals surface area contributed by atoms with Crippen LogP contribution in [-0.2, 0) is 10.5 Å². The number of halogens is 2. The molecule has 0 saturated carbocycles. The molecule has 0 fully saturated rings. The van der Waals surface area contributed by atoms with Gasteiger partial charge in [-0.2, -0.15) is 0 Å². The summed E-state index contributed by atoms with van der Waals surface area (Å²) < 4.78 is 0.768. The molecule has 126 valence electrons. The summed E-state index contributed by atoms with van der Waals surface area (Å²) in [6.07, 6.45) is 6.80. The van der Waals surface area contributed by atoms with E-state index < -0.39 is 0 Å². The highest BCUT2D eigenvalue weighted by atomic mass is 35.5. The van der Waals surface area contributed by atoms with Gasteiger partial charge in [0.05, 0.1) is 0 Å². The van der Waals surface area contributed by atoms with Gasteiger partial charge in [-0.1, -0.05) is 64.5 Å². The summed E-state index contributed by atoms with van der Waals surface area (Å²) in [6, 6.07) is 5.44. The highest BCUT2D eigenvalue weighted by Gasteiger charge is 2.20. The summed E-state index contributed by atoms with van der Waals surface area (Å²) >= 11 is 15.2. The Morgan fingerprint density at radius 3 is 2.79 bits per heavy atom. The van der Waals surface area contributed by atoms with Crippen molar-refractivity contribution in [2.75, 3.05) is 5.32 Å². The maximum Gasteiger partial charge on any atom is 0.229 e. The molecule has 1 aliphatic rings. The van der Waals surface area contributed by atoms with Gasteiger partial charge in [0.1, 0.15) is 0 Å². The third-order valence-corrected chi connectivity index (χ3v) is 6.38. The van der Waals surface area contributed by atoms with Gasteiger partial charge in [-0.15, -0.1) is 10.2 Å². The van der Waals surface area contributed by atoms with Crippen LogP contribution in [0.25, 0.3) is 0 Å². The molecule has 4 nitrogen and oxygen atoms in total. The number of benzene rings is 1. The first-order valence-corrected chi connectivity index (χ1v) is 10.0. The van der Waals surface area contributed by atoms with Crippen molar-refractivity contribution in [1.82, 2.24) is 10.2 Å². The summed E-state index contributed by atoms with van der Waals surface area (Å²) in [4.78, 5) is 12.2. The Morgan fingerprint density at radius 2 is 2.08 bits per heavy atom. The minimum Gasteiger partial charge on any atom is -0.300 e. The van der Waals surface area contributed by atoms with Crippen LogP contribution in [0.1, 0.15) is 24.8 Å². The lowest BCUT2D eigenvalue weighted by atomic mass is 9.94. The molecule has 1 heterocycles. The molecule has 0 aliphatic heterocycles. The predicted molar refractivity (Wildman–Crippen MR) is 101 cm³/mol. The van der Waals surface area contributed by atoms with Crippen molar-refractivity contribution in [1.29, 1.82) is 0 Å². The van der Waals surface area contributed by atoms with Crippen LogP contribution in [0.15, 0.2) is 34.7 Å². The van der Waals surface area contributed by atoms with Gasteiger partial charge in [0.25, 0.3) is 0 Å². The first-order chi connectivity index (χ1) is 11.6. The zero-order valence-electron chi connectivity index (χ0n) is 12.7. The Hall–Kier alpha value is -1.08. The molecule has 1 N–H and O–H groups in total. The molecule has 1 amide bonds. The summed E-state index contributed by atoms with van der Waals surface area (Å²) in [5.41, 5.74) is 0.876. The van der Waals surface area contributed by atoms with Gasteiger partial charge < -0.3 is 5.32 Å². The van der Waals surface area contributed by atoms with Crippen molar-refractivity contribution in [3.8, 4) is 0 Å². The molecule has 1 aliphatic carbocycles. The molecule has 0 radical (unpaired) electrons. The fourth-order valence-corrected chi connectivity index (χ4v) is 4.86. The number of nitrogens with one attached hydrogen (secondary N) is 1. The number of nitrogens with zero attached hydrogens (tertiary/aromatic N) is 2. The lowest BCUT2D eigenvalue weighted by Gasteiger charge is -2.15. The SMILES string of the molecule is O=C(Nc1nnc(SCc2c(Cl)cccc2Cl)s1)C1CC=CCC1. The van der Waals surface area contributed by atoms with Crippen molar-refractivity contribution >= 4 is 57.3 Å². The van der Waals surface area contributed by atoms with Crippen molar-refractivity contribution in [3.05, 3.63) is 46.0 Å². The molecule has 1 atom stereocenters. The van der Waals surface area contributed by atoms with E-state index in [1.165, 1.54) is 23.1 Å². The Labute approximate surface area is 158 Å². The topological polar surface area (TPSA) is 54.9 Å². The van der Waals surface area contributed by atoms with Gasteiger partial charge in [-0.05, 0) is 37.0 Å². The second-order valence-corrected chi connectivity index (χ2v) is 8.35. The maximum atomic E-state index is 12.2. The number of amides is 1. The summed E-state index contributed by atoms with van der Waals surface area (Å²) in [6.45, 7) is 0. The van der Waals surface area contributed by atoms with Gasteiger partial charge in [0, 0.05) is 21.7 Å². The first-order valence-electron chi connectivity index (χ1n) is 7.48. The van der Waals surface area contributed by atoms with Crippen molar-refractivity contribution in [3.63, 3.8) is 0 Å². The summed E-state index contributed by atoms with van der Waals surface area (Å²) in [5.74, 6) is 0.646. The highest BCUT2D eigenvalue weighted by molar-refractivity contribution is 8.00. The van der Waals surface area contributed by atoms with Gasteiger partial charge in [0.15, 0.2) is 4.34 Å². The van der Waals surface area contributed by atoms with E-state index in [9.17, 15) is 4.79 Å². The quantitative estimate of drug-likeness (QED) is 0.413. The first kappa shape index (κ1) is 17.7. The minimum atomic E-state index is 0.0150. The smallest absolute Gasteiger partial charge is 0.229 e. The van der Waals surface area contributed by atoms with Crippen LogP contribution < -0.4 is 5.32 Å². The maximum absolute atomic E-state index is 12.2. The molecule has 3 rings (SSSR count). The van der Waals surface area contributed by atoms with Crippen LogP contribution in [0.5, 0.6) is 0 Å². The average molecular weight is 400 g/mol. The zero-order valence-corrected chi connectivity index (χ0v) is 15.8. The van der Waals surface area contributed by atoms with Crippen LogP contribution in [0, 0.1) is 5.92 Å². The van der Waals surface area contributed by atoms with Crippen molar-refractivity contribution in [2.45, 2.75) is 29.4 Å². The molecule has 8 heteroatoms. The molecule has 1 unspecified atom stereocenters. The van der Waals surface area contributed by atoms with Crippen molar-refractivity contribution in [2.24, 2.45) is 5.92 Å². The van der Waals surface area contributed by atoms with Gasteiger partial charge in [-0.25, -0.2) is 0 Å². The predicted octanol–water partition coefficient (Wildman–Crippen LogP) is 5.43. The van der Waals surface area contributed by atoms with E-state index in [0.29, 0.717) is 20.9 Å². The lowest BCUT2D eigenvalue weighted by molar-refractivity contribution is -0.120. The molecular weight excluding hydrogens is 385 g/mol. The number of thioether (sulfide) groups is 1. The molecule has 2 aromatic rings. The Morgan fingerprint density at radius 1 is 1.29 bits per heavy atom. The van der Waals surface area contributed by atoms with E-state index in [4.69, 9.17) is 23.2 Å². The van der Waals surface area contributed by atoms with Gasteiger partial charge >= 0.3 is 0 Å². The number of hydrogen-bond acceptors (Lipinski definition) is 5. The summed E-state index contributed by atoms with van der Waals surface area (Å²) in [5, 5.41) is 12.8. The number of carbonyl (C=O) groups is 1. The molecular formula is C16H15Cl2N3OS2.